The standard InChI is InChI=1S/C17H20N2O3/c1-22-16-9-5-4-8-14(16)19-17(21)13(11-18)15(20)10-12-6-2-3-7-12/h4-5,8-9,12-13H,2-3,6-7,10H2,1H3,(H,19,21). The Morgan fingerprint density at radius 1 is 1.36 bits per heavy atom. The number of Topliss-reactive ketones (excluding diaryl/α,β-unsaturated/α-hetero) is 1. The number of hydrogen-bond acceptors (Lipinski definition) is 4. The minimum absolute atomic E-state index is 0.290. The number of ether oxygens (including phenoxy) is 1. The maximum atomic E-state index is 12.2. The van der Waals surface area contributed by atoms with Crippen molar-refractivity contribution in [1.29, 1.82) is 5.26 Å². The van der Waals surface area contributed by atoms with Gasteiger partial charge in [0.15, 0.2) is 11.7 Å². The third-order valence-electron chi connectivity index (χ3n) is 4.04. The number of carbonyl (C=O) groups is 2. The van der Waals surface area contributed by atoms with Crippen LogP contribution in [0, 0.1) is 23.2 Å². The molecule has 1 aromatic rings. The van der Waals surface area contributed by atoms with Gasteiger partial charge in [0.2, 0.25) is 5.91 Å². The van der Waals surface area contributed by atoms with Gasteiger partial charge in [0.25, 0.3) is 0 Å². The van der Waals surface area contributed by atoms with E-state index in [1.165, 1.54) is 7.11 Å². The number of nitrogens with one attached hydrogen (secondary N) is 1. The molecule has 1 aliphatic carbocycles. The van der Waals surface area contributed by atoms with Crippen LogP contribution in [-0.4, -0.2) is 18.8 Å². The fourth-order valence-electron chi connectivity index (χ4n) is 2.85. The average molecular weight is 300 g/mol. The number of amides is 1. The molecular weight excluding hydrogens is 280 g/mol. The van der Waals surface area contributed by atoms with E-state index < -0.39 is 11.8 Å². The van der Waals surface area contributed by atoms with Gasteiger partial charge in [-0.3, -0.25) is 9.59 Å². The molecule has 0 saturated heterocycles. The number of nitrogens with zero attached hydrogens (tertiary/aromatic N) is 1. The number of methoxy groups -OCH3 is 1. The van der Waals surface area contributed by atoms with Gasteiger partial charge in [-0.05, 0) is 18.1 Å². The Labute approximate surface area is 130 Å². The van der Waals surface area contributed by atoms with Crippen molar-refractivity contribution in [1.82, 2.24) is 0 Å². The Morgan fingerprint density at radius 2 is 2.05 bits per heavy atom. The van der Waals surface area contributed by atoms with Gasteiger partial charge in [0, 0.05) is 6.42 Å². The third-order valence-corrected chi connectivity index (χ3v) is 4.04. The first kappa shape index (κ1) is 16.0. The normalized spacial score (nSPS) is 15.8. The van der Waals surface area contributed by atoms with E-state index in [4.69, 9.17) is 4.74 Å². The number of anilines is 1. The predicted octanol–water partition coefficient (Wildman–Crippen LogP) is 2.92. The summed E-state index contributed by atoms with van der Waals surface area (Å²) in [5.41, 5.74) is 0.462. The molecule has 1 aromatic carbocycles. The van der Waals surface area contributed by atoms with Crippen molar-refractivity contribution in [3.8, 4) is 11.8 Å². The first-order chi connectivity index (χ1) is 10.7. The van der Waals surface area contributed by atoms with Crippen molar-refractivity contribution in [3.05, 3.63) is 24.3 Å². The lowest BCUT2D eigenvalue weighted by atomic mass is 9.93. The molecule has 2 rings (SSSR count). The first-order valence-electron chi connectivity index (χ1n) is 7.52. The van der Waals surface area contributed by atoms with Crippen molar-refractivity contribution in [2.45, 2.75) is 32.1 Å². The van der Waals surface area contributed by atoms with Gasteiger partial charge in [0.05, 0.1) is 18.9 Å². The van der Waals surface area contributed by atoms with Gasteiger partial charge in [-0.15, -0.1) is 0 Å². The lowest BCUT2D eigenvalue weighted by Gasteiger charge is -2.14. The van der Waals surface area contributed by atoms with E-state index in [0.29, 0.717) is 23.8 Å². The quantitative estimate of drug-likeness (QED) is 0.819. The van der Waals surface area contributed by atoms with E-state index in [1.807, 2.05) is 6.07 Å². The second-order valence-corrected chi connectivity index (χ2v) is 5.57. The van der Waals surface area contributed by atoms with E-state index in [-0.39, 0.29) is 5.78 Å². The zero-order valence-electron chi connectivity index (χ0n) is 12.7. The largest absolute Gasteiger partial charge is 0.495 e. The van der Waals surface area contributed by atoms with Crippen molar-refractivity contribution in [2.24, 2.45) is 11.8 Å². The van der Waals surface area contributed by atoms with Crippen LogP contribution >= 0.6 is 0 Å². The Hall–Kier alpha value is -2.35. The number of ketones is 1. The van der Waals surface area contributed by atoms with Crippen LogP contribution in [-0.2, 0) is 9.59 Å². The van der Waals surface area contributed by atoms with Crippen molar-refractivity contribution in [2.75, 3.05) is 12.4 Å². The highest BCUT2D eigenvalue weighted by atomic mass is 16.5. The lowest BCUT2D eigenvalue weighted by molar-refractivity contribution is -0.129. The minimum Gasteiger partial charge on any atom is -0.495 e. The fourth-order valence-corrected chi connectivity index (χ4v) is 2.85. The summed E-state index contributed by atoms with van der Waals surface area (Å²) in [5.74, 6) is -1.32. The van der Waals surface area contributed by atoms with Crippen molar-refractivity contribution in [3.63, 3.8) is 0 Å². The van der Waals surface area contributed by atoms with Crippen LogP contribution in [0.15, 0.2) is 24.3 Å². The molecule has 1 aliphatic rings. The maximum absolute atomic E-state index is 12.2. The number of nitriles is 1. The molecule has 1 unspecified atom stereocenters. The highest BCUT2D eigenvalue weighted by Gasteiger charge is 2.29. The molecule has 1 N–H and O–H groups in total. The van der Waals surface area contributed by atoms with Crippen LogP contribution in [0.5, 0.6) is 5.75 Å². The van der Waals surface area contributed by atoms with E-state index in [0.717, 1.165) is 25.7 Å². The minimum atomic E-state index is -1.26. The van der Waals surface area contributed by atoms with Gasteiger partial charge < -0.3 is 10.1 Å². The number of rotatable bonds is 6. The predicted molar refractivity (Wildman–Crippen MR) is 82.3 cm³/mol. The number of benzene rings is 1. The van der Waals surface area contributed by atoms with Crippen LogP contribution in [0.4, 0.5) is 5.69 Å². The molecule has 0 aromatic heterocycles. The summed E-state index contributed by atoms with van der Waals surface area (Å²) in [6.07, 6.45) is 4.60. The molecule has 1 saturated carbocycles. The van der Waals surface area contributed by atoms with Crippen LogP contribution < -0.4 is 10.1 Å². The summed E-state index contributed by atoms with van der Waals surface area (Å²) >= 11 is 0. The summed E-state index contributed by atoms with van der Waals surface area (Å²) in [7, 11) is 1.50. The highest BCUT2D eigenvalue weighted by molar-refractivity contribution is 6.09. The Balaban J connectivity index is 2.02. The second-order valence-electron chi connectivity index (χ2n) is 5.57. The maximum Gasteiger partial charge on any atom is 0.249 e. The van der Waals surface area contributed by atoms with E-state index in [2.05, 4.69) is 5.32 Å². The zero-order valence-corrected chi connectivity index (χ0v) is 12.7. The molecule has 1 amide bonds. The number of para-hydroxylation sites is 2. The third kappa shape index (κ3) is 3.85. The van der Waals surface area contributed by atoms with Crippen LogP contribution in [0.2, 0.25) is 0 Å². The van der Waals surface area contributed by atoms with Crippen LogP contribution in [0.3, 0.4) is 0 Å². The van der Waals surface area contributed by atoms with Gasteiger partial charge in [0.1, 0.15) is 5.75 Å². The molecular formula is C17H20N2O3. The summed E-state index contributed by atoms with van der Waals surface area (Å²) in [6.45, 7) is 0. The van der Waals surface area contributed by atoms with Gasteiger partial charge >= 0.3 is 0 Å². The zero-order chi connectivity index (χ0) is 15.9. The topological polar surface area (TPSA) is 79.2 Å². The molecule has 116 valence electrons. The molecule has 0 bridgehead atoms. The van der Waals surface area contributed by atoms with Gasteiger partial charge in [-0.2, -0.15) is 5.26 Å². The van der Waals surface area contributed by atoms with Crippen molar-refractivity contribution >= 4 is 17.4 Å². The summed E-state index contributed by atoms with van der Waals surface area (Å²) < 4.78 is 5.15. The number of carbonyl (C=O) groups excluding carboxylic acids is 2. The molecule has 1 fully saturated rings. The van der Waals surface area contributed by atoms with E-state index in [1.54, 1.807) is 24.3 Å². The summed E-state index contributed by atoms with van der Waals surface area (Å²) in [4.78, 5) is 24.4. The molecule has 0 heterocycles. The van der Waals surface area contributed by atoms with Crippen LogP contribution in [0.1, 0.15) is 32.1 Å². The Morgan fingerprint density at radius 3 is 2.68 bits per heavy atom. The smallest absolute Gasteiger partial charge is 0.249 e. The monoisotopic (exact) mass is 300 g/mol. The number of hydrogen-bond donors (Lipinski definition) is 1. The molecule has 5 heteroatoms. The lowest BCUT2D eigenvalue weighted by Crippen LogP contribution is -2.29. The molecule has 0 spiro atoms. The second kappa shape index (κ2) is 7.60. The van der Waals surface area contributed by atoms with E-state index in [9.17, 15) is 14.9 Å². The van der Waals surface area contributed by atoms with E-state index >= 15 is 0 Å². The first-order valence-corrected chi connectivity index (χ1v) is 7.52. The Bertz CT molecular complexity index is 586. The van der Waals surface area contributed by atoms with Gasteiger partial charge in [-0.25, -0.2) is 0 Å². The van der Waals surface area contributed by atoms with Crippen LogP contribution in [0.25, 0.3) is 0 Å². The summed E-state index contributed by atoms with van der Waals surface area (Å²) in [5, 5.41) is 11.8. The average Bonchev–Trinajstić information content (AvgIpc) is 3.01. The van der Waals surface area contributed by atoms with Gasteiger partial charge in [-0.1, -0.05) is 37.8 Å². The molecule has 1 atom stereocenters. The molecule has 0 aliphatic heterocycles. The van der Waals surface area contributed by atoms with Crippen molar-refractivity contribution < 1.29 is 14.3 Å². The summed E-state index contributed by atoms with van der Waals surface area (Å²) in [6, 6.07) is 8.74. The Kier molecular flexibility index (Phi) is 5.54. The molecule has 0 radical (unpaired) electrons. The molecule has 22 heavy (non-hydrogen) atoms. The SMILES string of the molecule is COc1ccccc1NC(=O)C(C#N)C(=O)CC1CCCC1. The molecule has 5 nitrogen and oxygen atoms in total. The highest BCUT2D eigenvalue weighted by Crippen LogP contribution is 2.29. The fraction of sp³-hybridized carbons (Fsp3) is 0.471.